The van der Waals surface area contributed by atoms with Crippen LogP contribution in [-0.4, -0.2) is 59.5 Å². The standard InChI is InChI=1S/C25H36N4O2/c1-19(2)18-29-23-11-10-21(26-12-6-9-20-7-4-3-5-8-20)17-22(23)24(27-29)25(30)28-13-15-31-16-14-28/h3-5,7-8,19,21,26H,6,9-18H2,1-2H3/t21-/m0/s1. The zero-order valence-corrected chi connectivity index (χ0v) is 19.0. The number of nitrogens with zero attached hydrogens (tertiary/aromatic N) is 3. The summed E-state index contributed by atoms with van der Waals surface area (Å²) in [6.07, 6.45) is 5.21. The van der Waals surface area contributed by atoms with Crippen molar-refractivity contribution < 1.29 is 9.53 Å². The Morgan fingerprint density at radius 3 is 2.74 bits per heavy atom. The van der Waals surface area contributed by atoms with E-state index in [9.17, 15) is 4.79 Å². The molecule has 6 heteroatoms. The van der Waals surface area contributed by atoms with Crippen LogP contribution in [0.5, 0.6) is 0 Å². The van der Waals surface area contributed by atoms with Crippen LogP contribution in [0.25, 0.3) is 0 Å². The molecule has 0 saturated carbocycles. The Labute approximate surface area is 186 Å². The second kappa shape index (κ2) is 10.4. The highest BCUT2D eigenvalue weighted by molar-refractivity contribution is 5.94. The molecule has 1 fully saturated rings. The lowest BCUT2D eigenvalue weighted by Crippen LogP contribution is -2.42. The lowest BCUT2D eigenvalue weighted by atomic mass is 9.90. The van der Waals surface area contributed by atoms with E-state index in [0.717, 1.165) is 45.2 Å². The molecule has 1 N–H and O–H groups in total. The third-order valence-corrected chi connectivity index (χ3v) is 6.30. The second-order valence-electron chi connectivity index (χ2n) is 9.24. The van der Waals surface area contributed by atoms with Gasteiger partial charge in [-0.05, 0) is 50.1 Å². The molecule has 4 rings (SSSR count). The fourth-order valence-corrected chi connectivity index (χ4v) is 4.69. The maximum absolute atomic E-state index is 13.3. The Morgan fingerprint density at radius 1 is 1.23 bits per heavy atom. The van der Waals surface area contributed by atoms with Crippen molar-refractivity contribution in [3.8, 4) is 0 Å². The van der Waals surface area contributed by atoms with Crippen LogP contribution in [0.4, 0.5) is 0 Å². The highest BCUT2D eigenvalue weighted by atomic mass is 16.5. The number of amides is 1. The Bertz CT molecular complexity index is 856. The van der Waals surface area contributed by atoms with Gasteiger partial charge in [-0.25, -0.2) is 0 Å². The van der Waals surface area contributed by atoms with Crippen molar-refractivity contribution in [1.82, 2.24) is 20.0 Å². The normalized spacial score (nSPS) is 18.9. The molecule has 1 aromatic heterocycles. The summed E-state index contributed by atoms with van der Waals surface area (Å²) in [4.78, 5) is 15.2. The molecule has 31 heavy (non-hydrogen) atoms. The first kappa shape index (κ1) is 22.0. The summed E-state index contributed by atoms with van der Waals surface area (Å²) in [7, 11) is 0. The first-order valence-corrected chi connectivity index (χ1v) is 11.8. The zero-order valence-electron chi connectivity index (χ0n) is 19.0. The molecular weight excluding hydrogens is 388 g/mol. The minimum Gasteiger partial charge on any atom is -0.378 e. The summed E-state index contributed by atoms with van der Waals surface area (Å²) in [6, 6.07) is 11.1. The van der Waals surface area contributed by atoms with Crippen LogP contribution in [-0.2, 0) is 30.5 Å². The van der Waals surface area contributed by atoms with Crippen LogP contribution in [0.2, 0.25) is 0 Å². The number of hydrogen-bond donors (Lipinski definition) is 1. The van der Waals surface area contributed by atoms with Gasteiger partial charge in [-0.2, -0.15) is 5.10 Å². The van der Waals surface area contributed by atoms with E-state index in [1.165, 1.54) is 16.8 Å². The summed E-state index contributed by atoms with van der Waals surface area (Å²) in [5.41, 5.74) is 4.51. The van der Waals surface area contributed by atoms with Crippen LogP contribution in [0, 0.1) is 5.92 Å². The molecule has 0 unspecified atom stereocenters. The van der Waals surface area contributed by atoms with Crippen molar-refractivity contribution in [2.24, 2.45) is 5.92 Å². The predicted octanol–water partition coefficient (Wildman–Crippen LogP) is 3.09. The van der Waals surface area contributed by atoms with Gasteiger partial charge in [-0.3, -0.25) is 9.48 Å². The number of carbonyl (C=O) groups is 1. The van der Waals surface area contributed by atoms with Crippen molar-refractivity contribution in [2.75, 3.05) is 32.8 Å². The van der Waals surface area contributed by atoms with E-state index in [-0.39, 0.29) is 5.91 Å². The number of morpholine rings is 1. The number of carbonyl (C=O) groups excluding carboxylic acids is 1. The molecule has 2 heterocycles. The van der Waals surface area contributed by atoms with Crippen LogP contribution in [0.15, 0.2) is 30.3 Å². The molecular formula is C25H36N4O2. The Kier molecular flexibility index (Phi) is 7.41. The number of benzene rings is 1. The highest BCUT2D eigenvalue weighted by Crippen LogP contribution is 2.27. The Balaban J connectivity index is 1.42. The fourth-order valence-electron chi connectivity index (χ4n) is 4.69. The van der Waals surface area contributed by atoms with Crippen LogP contribution in [0.3, 0.4) is 0 Å². The van der Waals surface area contributed by atoms with Crippen molar-refractivity contribution >= 4 is 5.91 Å². The van der Waals surface area contributed by atoms with Gasteiger partial charge in [0.05, 0.1) is 13.2 Å². The maximum atomic E-state index is 13.3. The van der Waals surface area contributed by atoms with Gasteiger partial charge in [0.2, 0.25) is 0 Å². The lowest BCUT2D eigenvalue weighted by Gasteiger charge is -2.28. The second-order valence-corrected chi connectivity index (χ2v) is 9.24. The van der Waals surface area contributed by atoms with E-state index in [0.29, 0.717) is 44.0 Å². The average Bonchev–Trinajstić information content (AvgIpc) is 3.14. The number of nitrogens with one attached hydrogen (secondary N) is 1. The van der Waals surface area contributed by atoms with Gasteiger partial charge in [0, 0.05) is 36.9 Å². The molecule has 2 aromatic rings. The lowest BCUT2D eigenvalue weighted by molar-refractivity contribution is 0.0297. The summed E-state index contributed by atoms with van der Waals surface area (Å²) in [5.74, 6) is 0.580. The molecule has 1 amide bonds. The van der Waals surface area contributed by atoms with Crippen molar-refractivity contribution in [3.63, 3.8) is 0 Å². The molecule has 1 aromatic carbocycles. The minimum atomic E-state index is 0.0757. The van der Waals surface area contributed by atoms with Crippen molar-refractivity contribution in [3.05, 3.63) is 52.8 Å². The van der Waals surface area contributed by atoms with Gasteiger partial charge in [-0.15, -0.1) is 0 Å². The number of aryl methyl sites for hydroxylation is 1. The molecule has 1 saturated heterocycles. The fraction of sp³-hybridized carbons (Fsp3) is 0.600. The van der Waals surface area contributed by atoms with Gasteiger partial charge in [0.1, 0.15) is 0 Å². The van der Waals surface area contributed by atoms with Gasteiger partial charge >= 0.3 is 0 Å². The molecule has 0 bridgehead atoms. The Hall–Kier alpha value is -2.18. The summed E-state index contributed by atoms with van der Waals surface area (Å²) >= 11 is 0. The molecule has 1 aliphatic carbocycles. The predicted molar refractivity (Wildman–Crippen MR) is 122 cm³/mol. The Morgan fingerprint density at radius 2 is 2.00 bits per heavy atom. The van der Waals surface area contributed by atoms with E-state index >= 15 is 0 Å². The summed E-state index contributed by atoms with van der Waals surface area (Å²) in [5, 5.41) is 8.58. The number of fused-ring (bicyclic) bond motifs is 1. The number of rotatable bonds is 8. The number of ether oxygens (including phenoxy) is 1. The van der Waals surface area contributed by atoms with Crippen LogP contribution < -0.4 is 5.32 Å². The molecule has 6 nitrogen and oxygen atoms in total. The molecule has 2 aliphatic rings. The average molecular weight is 425 g/mol. The van der Waals surface area contributed by atoms with E-state index in [4.69, 9.17) is 9.84 Å². The van der Waals surface area contributed by atoms with Gasteiger partial charge in [0.25, 0.3) is 5.91 Å². The van der Waals surface area contributed by atoms with E-state index < -0.39 is 0 Å². The number of hydrogen-bond acceptors (Lipinski definition) is 4. The van der Waals surface area contributed by atoms with Crippen LogP contribution >= 0.6 is 0 Å². The molecule has 168 valence electrons. The SMILES string of the molecule is CC(C)Cn1nc(C(=O)N2CCOCC2)c2c1CC[C@H](NCCCc1ccccc1)C2. The largest absolute Gasteiger partial charge is 0.378 e. The van der Waals surface area contributed by atoms with Gasteiger partial charge < -0.3 is 15.0 Å². The molecule has 0 spiro atoms. The van der Waals surface area contributed by atoms with Crippen molar-refractivity contribution in [1.29, 1.82) is 0 Å². The van der Waals surface area contributed by atoms with E-state index in [1.54, 1.807) is 0 Å². The number of aromatic nitrogens is 2. The van der Waals surface area contributed by atoms with Crippen LogP contribution in [0.1, 0.15) is 54.0 Å². The third-order valence-electron chi connectivity index (χ3n) is 6.30. The topological polar surface area (TPSA) is 59.4 Å². The molecule has 0 radical (unpaired) electrons. The quantitative estimate of drug-likeness (QED) is 0.662. The van der Waals surface area contributed by atoms with E-state index in [2.05, 4.69) is 54.2 Å². The smallest absolute Gasteiger partial charge is 0.274 e. The summed E-state index contributed by atoms with van der Waals surface area (Å²) < 4.78 is 7.54. The van der Waals surface area contributed by atoms with Crippen molar-refractivity contribution in [2.45, 2.75) is 58.5 Å². The van der Waals surface area contributed by atoms with Gasteiger partial charge in [-0.1, -0.05) is 44.2 Å². The summed E-state index contributed by atoms with van der Waals surface area (Å²) in [6.45, 7) is 8.83. The zero-order chi connectivity index (χ0) is 21.6. The first-order chi connectivity index (χ1) is 15.1. The third kappa shape index (κ3) is 5.55. The minimum absolute atomic E-state index is 0.0757. The monoisotopic (exact) mass is 424 g/mol. The molecule has 1 aliphatic heterocycles. The molecule has 1 atom stereocenters. The maximum Gasteiger partial charge on any atom is 0.274 e. The highest BCUT2D eigenvalue weighted by Gasteiger charge is 2.31. The van der Waals surface area contributed by atoms with Gasteiger partial charge in [0.15, 0.2) is 5.69 Å². The first-order valence-electron chi connectivity index (χ1n) is 11.8. The van der Waals surface area contributed by atoms with E-state index in [1.807, 2.05) is 4.90 Å².